The van der Waals surface area contributed by atoms with Gasteiger partial charge in [-0.1, -0.05) is 42.5 Å². The maximum atomic E-state index is 13.0. The number of benzene rings is 2. The summed E-state index contributed by atoms with van der Waals surface area (Å²) in [7, 11) is -3.52. The highest BCUT2D eigenvalue weighted by atomic mass is 32.2. The second-order valence-electron chi connectivity index (χ2n) is 11.4. The molecule has 2 unspecified atom stereocenters. The van der Waals surface area contributed by atoms with E-state index in [4.69, 9.17) is 9.72 Å². The van der Waals surface area contributed by atoms with Crippen molar-refractivity contribution in [2.24, 2.45) is 5.92 Å². The maximum Gasteiger partial charge on any atom is 0.279 e. The molecule has 210 valence electrons. The molecule has 1 N–H and O–H groups in total. The van der Waals surface area contributed by atoms with Crippen molar-refractivity contribution >= 4 is 21.2 Å². The number of nitrogens with one attached hydrogen (secondary N) is 1. The van der Waals surface area contributed by atoms with Crippen molar-refractivity contribution < 1.29 is 13.2 Å². The molecule has 2 saturated heterocycles. The van der Waals surface area contributed by atoms with Crippen LogP contribution in [0.15, 0.2) is 54.6 Å². The molecule has 0 spiro atoms. The summed E-state index contributed by atoms with van der Waals surface area (Å²) in [6.45, 7) is 6.34. The maximum absolute atomic E-state index is 13.0. The molecule has 1 saturated carbocycles. The number of aromatic nitrogens is 2. The van der Waals surface area contributed by atoms with Gasteiger partial charge in [-0.3, -0.25) is 0 Å². The molecule has 6 rings (SSSR count). The number of fused-ring (bicyclic) bond motifs is 2. The number of aryl methyl sites for hydroxylation is 1. The van der Waals surface area contributed by atoms with Crippen LogP contribution in [-0.2, 0) is 14.9 Å². The number of nitrogens with zero attached hydrogens (tertiary/aromatic N) is 4. The van der Waals surface area contributed by atoms with Gasteiger partial charge in [0, 0.05) is 38.3 Å². The van der Waals surface area contributed by atoms with E-state index in [1.165, 1.54) is 34.6 Å². The Kier molecular flexibility index (Phi) is 8.05. The molecule has 1 aliphatic carbocycles. The molecule has 3 aliphatic rings. The normalized spacial score (nSPS) is 25.6. The van der Waals surface area contributed by atoms with Gasteiger partial charge in [0.15, 0.2) is 0 Å². The molecule has 1 aromatic heterocycles. The summed E-state index contributed by atoms with van der Waals surface area (Å²) in [6.07, 6.45) is 5.82. The van der Waals surface area contributed by atoms with Gasteiger partial charge in [-0.15, -0.1) is 0 Å². The van der Waals surface area contributed by atoms with Crippen molar-refractivity contribution in [1.82, 2.24) is 23.5 Å². The van der Waals surface area contributed by atoms with Gasteiger partial charge in [-0.25, -0.2) is 9.71 Å². The number of imidazole rings is 1. The highest BCUT2D eigenvalue weighted by Crippen LogP contribution is 2.43. The summed E-state index contributed by atoms with van der Waals surface area (Å²) in [5.74, 6) is 1.95. The van der Waals surface area contributed by atoms with Crippen LogP contribution in [0, 0.1) is 12.8 Å². The number of hydrogen-bond donors (Lipinski definition) is 1. The fourth-order valence-electron chi connectivity index (χ4n) is 6.91. The van der Waals surface area contributed by atoms with Crippen molar-refractivity contribution in [3.63, 3.8) is 0 Å². The molecule has 2 aliphatic heterocycles. The molecule has 0 bridgehead atoms. The molecule has 8 nitrogen and oxygen atoms in total. The molecule has 2 aromatic carbocycles. The quantitative estimate of drug-likeness (QED) is 0.433. The number of rotatable bonds is 9. The van der Waals surface area contributed by atoms with E-state index in [1.54, 1.807) is 0 Å². The van der Waals surface area contributed by atoms with Crippen LogP contribution in [0.2, 0.25) is 0 Å². The van der Waals surface area contributed by atoms with Crippen molar-refractivity contribution in [3.05, 3.63) is 66.0 Å². The summed E-state index contributed by atoms with van der Waals surface area (Å²) < 4.78 is 38.2. The highest BCUT2D eigenvalue weighted by molar-refractivity contribution is 7.87. The second-order valence-corrected chi connectivity index (χ2v) is 13.2. The van der Waals surface area contributed by atoms with E-state index in [-0.39, 0.29) is 5.92 Å². The lowest BCUT2D eigenvalue weighted by Gasteiger charge is -2.43. The van der Waals surface area contributed by atoms with Crippen LogP contribution in [-0.4, -0.2) is 79.2 Å². The monoisotopic (exact) mass is 551 g/mol. The zero-order valence-corrected chi connectivity index (χ0v) is 23.7. The Labute approximate surface area is 232 Å². The fraction of sp³-hybridized carbons (Fsp3) is 0.567. The summed E-state index contributed by atoms with van der Waals surface area (Å²) in [4.78, 5) is 7.55. The predicted molar refractivity (Wildman–Crippen MR) is 154 cm³/mol. The first kappa shape index (κ1) is 26.9. The van der Waals surface area contributed by atoms with E-state index >= 15 is 0 Å². The molecule has 3 aromatic rings. The number of para-hydroxylation sites is 2. The predicted octanol–water partition coefficient (Wildman–Crippen LogP) is 4.10. The smallest absolute Gasteiger partial charge is 0.279 e. The molecule has 3 heterocycles. The zero-order valence-electron chi connectivity index (χ0n) is 22.9. The van der Waals surface area contributed by atoms with Crippen LogP contribution in [0.4, 0.5) is 0 Å². The SMILES string of the molecule is Cc1nc2ccccc2n1[C@H]1CCN(CCC(CNS(=O)(=O)N2CCOCC2)c2ccccc2)C2CC[C@H]2C1. The van der Waals surface area contributed by atoms with Crippen LogP contribution in [0.3, 0.4) is 0 Å². The van der Waals surface area contributed by atoms with E-state index in [0.717, 1.165) is 37.3 Å². The van der Waals surface area contributed by atoms with Gasteiger partial charge in [0.2, 0.25) is 0 Å². The third-order valence-corrected chi connectivity index (χ3v) is 10.7. The lowest BCUT2D eigenvalue weighted by molar-refractivity contribution is 0.0697. The molecule has 4 atom stereocenters. The van der Waals surface area contributed by atoms with Gasteiger partial charge in [-0.05, 0) is 75.1 Å². The highest BCUT2D eigenvalue weighted by Gasteiger charge is 2.40. The van der Waals surface area contributed by atoms with Crippen LogP contribution in [0.1, 0.15) is 55.5 Å². The molecule has 0 amide bonds. The zero-order chi connectivity index (χ0) is 26.8. The van der Waals surface area contributed by atoms with E-state index in [1.807, 2.05) is 6.07 Å². The fourth-order valence-corrected chi connectivity index (χ4v) is 8.13. The van der Waals surface area contributed by atoms with Gasteiger partial charge in [0.25, 0.3) is 10.2 Å². The average molecular weight is 552 g/mol. The average Bonchev–Trinajstić information content (AvgIpc) is 3.22. The number of hydrogen-bond acceptors (Lipinski definition) is 5. The van der Waals surface area contributed by atoms with E-state index < -0.39 is 10.2 Å². The van der Waals surface area contributed by atoms with Gasteiger partial charge >= 0.3 is 0 Å². The molecular weight excluding hydrogens is 510 g/mol. The van der Waals surface area contributed by atoms with Gasteiger partial charge in [0.1, 0.15) is 5.82 Å². The third-order valence-electron chi connectivity index (χ3n) is 9.17. The first-order chi connectivity index (χ1) is 19.0. The third kappa shape index (κ3) is 5.79. The summed E-state index contributed by atoms with van der Waals surface area (Å²) in [5.41, 5.74) is 3.54. The topological polar surface area (TPSA) is 79.7 Å². The number of likely N-dealkylation sites (tertiary alicyclic amines) is 1. The Morgan fingerprint density at radius 1 is 1.00 bits per heavy atom. The minimum atomic E-state index is -3.52. The summed E-state index contributed by atoms with van der Waals surface area (Å²) in [6, 6.07) is 20.0. The van der Waals surface area contributed by atoms with E-state index in [0.29, 0.717) is 50.8 Å². The summed E-state index contributed by atoms with van der Waals surface area (Å²) in [5, 5.41) is 0. The van der Waals surface area contributed by atoms with E-state index in [2.05, 4.69) is 69.6 Å². The van der Waals surface area contributed by atoms with E-state index in [9.17, 15) is 8.42 Å². The van der Waals surface area contributed by atoms with Gasteiger partial charge in [-0.2, -0.15) is 12.7 Å². The lowest BCUT2D eigenvalue weighted by atomic mass is 9.75. The first-order valence-corrected chi connectivity index (χ1v) is 16.0. The molecule has 0 radical (unpaired) electrons. The van der Waals surface area contributed by atoms with Crippen molar-refractivity contribution in [2.45, 2.75) is 57.0 Å². The molecular formula is C30H41N5O3S. The molecule has 3 fully saturated rings. The van der Waals surface area contributed by atoms with Gasteiger partial charge < -0.3 is 14.2 Å². The minimum Gasteiger partial charge on any atom is -0.379 e. The molecule has 9 heteroatoms. The lowest BCUT2D eigenvalue weighted by Crippen LogP contribution is -2.48. The number of ether oxygens (including phenoxy) is 1. The Morgan fingerprint density at radius 3 is 2.54 bits per heavy atom. The van der Waals surface area contributed by atoms with Crippen molar-refractivity contribution in [2.75, 3.05) is 45.9 Å². The Balaban J connectivity index is 1.14. The van der Waals surface area contributed by atoms with Crippen molar-refractivity contribution in [3.8, 4) is 0 Å². The minimum absolute atomic E-state index is 0.124. The Hall–Kier alpha value is -2.30. The number of morpholine rings is 1. The van der Waals surface area contributed by atoms with Crippen LogP contribution >= 0.6 is 0 Å². The first-order valence-electron chi connectivity index (χ1n) is 14.5. The standard InChI is InChI=1S/C30H41N5O3S/c1-23-32-28-9-5-6-10-30(28)35(23)27-14-16-33(29-12-11-25(29)21-27)15-13-26(24-7-3-2-4-8-24)22-31-39(36,37)34-17-19-38-20-18-34/h2-10,25-27,29,31H,11-22H2,1H3/t25-,26?,27-,29?/m0/s1. The van der Waals surface area contributed by atoms with Gasteiger partial charge in [0.05, 0.1) is 24.2 Å². The molecule has 39 heavy (non-hydrogen) atoms. The van der Waals surface area contributed by atoms with Crippen molar-refractivity contribution in [1.29, 1.82) is 0 Å². The Morgan fingerprint density at radius 2 is 1.77 bits per heavy atom. The van der Waals surface area contributed by atoms with Crippen LogP contribution in [0.25, 0.3) is 11.0 Å². The largest absolute Gasteiger partial charge is 0.379 e. The second kappa shape index (κ2) is 11.7. The Bertz CT molecular complexity index is 1360. The van der Waals surface area contributed by atoms with Crippen LogP contribution in [0.5, 0.6) is 0 Å². The summed E-state index contributed by atoms with van der Waals surface area (Å²) >= 11 is 0. The van der Waals surface area contributed by atoms with Crippen LogP contribution < -0.4 is 4.72 Å².